The van der Waals surface area contributed by atoms with Crippen LogP contribution >= 0.6 is 0 Å². The Balaban J connectivity index is 0.000000373. The van der Waals surface area contributed by atoms with E-state index in [1.54, 1.807) is 42.5 Å². The number of rotatable bonds is 22. The van der Waals surface area contributed by atoms with Gasteiger partial charge in [-0.3, -0.25) is 4.55 Å². The molecule has 4 rings (SSSR count). The number of aromatic hydroxyl groups is 1. The van der Waals surface area contributed by atoms with E-state index in [0.717, 1.165) is 38.5 Å². The molecule has 0 aromatic heterocycles. The first-order valence-corrected chi connectivity index (χ1v) is 21.8. The van der Waals surface area contributed by atoms with E-state index in [2.05, 4.69) is 13.8 Å². The minimum Gasteiger partial charge on any atom is -0.872 e. The summed E-state index contributed by atoms with van der Waals surface area (Å²) < 4.78 is 80.4. The van der Waals surface area contributed by atoms with Crippen LogP contribution in [0.15, 0.2) is 94.7 Å². The van der Waals surface area contributed by atoms with Crippen molar-refractivity contribution in [1.82, 2.24) is 0 Å². The van der Waals surface area contributed by atoms with Crippen molar-refractivity contribution >= 4 is 58.0 Å². The molecular weight excluding hydrogens is 769 g/mol. The second kappa shape index (κ2) is 25.4. The first-order valence-electron chi connectivity index (χ1n) is 18.9. The first-order chi connectivity index (χ1) is 25.8. The molecule has 4 aromatic rings. The summed E-state index contributed by atoms with van der Waals surface area (Å²) in [5.74, 6) is 0.298. The number of phenols is 1. The number of ether oxygens (including phenoxy) is 2. The Hall–Kier alpha value is -2.84. The molecule has 0 fully saturated rings. The monoisotopic (exact) mass is 822 g/mol. The van der Waals surface area contributed by atoms with Crippen LogP contribution in [0.2, 0.25) is 0 Å². The van der Waals surface area contributed by atoms with Crippen LogP contribution in [0.3, 0.4) is 0 Å². The van der Waals surface area contributed by atoms with Gasteiger partial charge in [0.1, 0.15) is 48.7 Å². The third-order valence-corrected chi connectivity index (χ3v) is 10.7. The molecule has 0 amide bonds. The molecule has 0 bridgehead atoms. The van der Waals surface area contributed by atoms with Crippen LogP contribution in [-0.2, 0) is 33.1 Å². The summed E-state index contributed by atoms with van der Waals surface area (Å²) in [5.41, 5.74) is 1.01. The van der Waals surface area contributed by atoms with Crippen LogP contribution in [0, 0.1) is 0 Å². The molecule has 0 atom stereocenters. The Morgan fingerprint density at radius 3 is 1.44 bits per heavy atom. The van der Waals surface area contributed by atoms with E-state index in [4.69, 9.17) is 9.47 Å². The number of phenolic OH excluding ortho intramolecular Hbond substituents is 1. The zero-order valence-electron chi connectivity index (χ0n) is 32.1. The quantitative estimate of drug-likeness (QED) is 0.0441. The number of aryl methyl sites for hydroxylation is 2. The van der Waals surface area contributed by atoms with Gasteiger partial charge in [-0.1, -0.05) is 133 Å². The normalized spacial score (nSPS) is 11.3. The molecule has 10 nitrogen and oxygen atoms in total. The van der Waals surface area contributed by atoms with Crippen LogP contribution in [0.5, 0.6) is 34.5 Å². The van der Waals surface area contributed by atoms with Crippen molar-refractivity contribution in [1.29, 1.82) is 0 Å². The summed E-state index contributed by atoms with van der Waals surface area (Å²) in [6.07, 6.45) is 16.7. The fraction of sp³-hybridized carbons (Fsp3) is 0.429. The van der Waals surface area contributed by atoms with Crippen LogP contribution in [0.1, 0.15) is 115 Å². The maximum absolute atomic E-state index is 12.0. The fourth-order valence-corrected chi connectivity index (χ4v) is 7.85. The third-order valence-electron chi connectivity index (χ3n) is 8.81. The largest absolute Gasteiger partial charge is 2.00 e. The molecule has 0 aliphatic rings. The van der Waals surface area contributed by atoms with E-state index < -0.39 is 20.2 Å². The van der Waals surface area contributed by atoms with Gasteiger partial charge in [0.05, 0.1) is 0 Å². The topological polar surface area (TPSA) is 173 Å². The molecule has 0 saturated heterocycles. The van der Waals surface area contributed by atoms with Gasteiger partial charge in [0, 0.05) is 6.07 Å². The number of hydrogen-bond acceptors (Lipinski definition) is 9. The molecule has 0 aliphatic carbocycles. The average Bonchev–Trinajstić information content (AvgIpc) is 3.10. The minimum atomic E-state index is -4.70. The van der Waals surface area contributed by atoms with Gasteiger partial charge in [-0.05, 0) is 73.2 Å². The number of hydrogen-bond donors (Lipinski definition) is 2. The van der Waals surface area contributed by atoms with Gasteiger partial charge >= 0.3 is 37.7 Å². The summed E-state index contributed by atoms with van der Waals surface area (Å²) in [5, 5.41) is 21.0. The van der Waals surface area contributed by atoms with Crippen molar-refractivity contribution in [2.45, 2.75) is 126 Å². The van der Waals surface area contributed by atoms with E-state index in [1.165, 1.54) is 93.8 Å². The summed E-state index contributed by atoms with van der Waals surface area (Å²) in [6, 6.07) is 21.5. The molecule has 0 spiro atoms. The summed E-state index contributed by atoms with van der Waals surface area (Å²) >= 11 is 0. The van der Waals surface area contributed by atoms with E-state index in [-0.39, 0.29) is 76.3 Å². The average molecular weight is 823 g/mol. The smallest absolute Gasteiger partial charge is 0.872 e. The molecular formula is C42H54CaO10S2. The molecule has 0 radical (unpaired) electrons. The molecule has 296 valence electrons. The van der Waals surface area contributed by atoms with Gasteiger partial charge < -0.3 is 24.2 Å². The predicted octanol–water partition coefficient (Wildman–Crippen LogP) is 10.1. The number of unbranched alkanes of at least 4 members (excludes halogenated alkanes) is 12. The van der Waals surface area contributed by atoms with Crippen LogP contribution < -0.4 is 14.6 Å². The second-order valence-corrected chi connectivity index (χ2v) is 16.0. The predicted molar refractivity (Wildman–Crippen MR) is 214 cm³/mol. The third kappa shape index (κ3) is 17.9. The fourth-order valence-electron chi connectivity index (χ4n) is 6.14. The van der Waals surface area contributed by atoms with Gasteiger partial charge in [-0.25, -0.2) is 8.42 Å². The van der Waals surface area contributed by atoms with E-state index in [1.807, 2.05) is 0 Å². The van der Waals surface area contributed by atoms with Crippen LogP contribution in [-0.4, -0.2) is 68.8 Å². The minimum absolute atomic E-state index is 0. The van der Waals surface area contributed by atoms with Gasteiger partial charge in [0.2, 0.25) is 0 Å². The van der Waals surface area contributed by atoms with Crippen LogP contribution in [0.25, 0.3) is 0 Å². The standard InChI is InChI=1S/2C21H28O5S.Ca/c2*1-2-3-4-5-6-7-8-11-17-12-9-15-20(21(17)27(23,24)25)26-19-14-10-13-18(22)16-19;/h2*9-10,12-16,22H,2-8,11H2,1H3,(H,23,24,25);/q;;+2/p-2. The molecule has 0 aliphatic heterocycles. The zero-order chi connectivity index (χ0) is 39.4. The Morgan fingerprint density at radius 2 is 0.982 bits per heavy atom. The summed E-state index contributed by atoms with van der Waals surface area (Å²) in [6.45, 7) is 4.36. The first kappa shape index (κ1) is 48.3. The Morgan fingerprint density at radius 1 is 0.564 bits per heavy atom. The van der Waals surface area contributed by atoms with Crippen molar-refractivity contribution in [2.24, 2.45) is 0 Å². The van der Waals surface area contributed by atoms with Crippen LogP contribution in [0.4, 0.5) is 0 Å². The van der Waals surface area contributed by atoms with Crippen molar-refractivity contribution in [2.75, 3.05) is 0 Å². The Kier molecular flexibility index (Phi) is 22.3. The van der Waals surface area contributed by atoms with Crippen molar-refractivity contribution in [3.8, 4) is 34.5 Å². The van der Waals surface area contributed by atoms with E-state index >= 15 is 0 Å². The van der Waals surface area contributed by atoms with Gasteiger partial charge in [0.15, 0.2) is 0 Å². The number of benzene rings is 4. The Labute approximate surface area is 357 Å². The molecule has 0 saturated carbocycles. The Bertz CT molecular complexity index is 1810. The van der Waals surface area contributed by atoms with Gasteiger partial charge in [0.25, 0.3) is 10.1 Å². The summed E-state index contributed by atoms with van der Waals surface area (Å²) in [7, 11) is -9.14. The molecule has 4 aromatic carbocycles. The molecule has 0 heterocycles. The second-order valence-electron chi connectivity index (χ2n) is 13.3. The SMILES string of the molecule is CCCCCCCCCc1cccc(Oc2cccc(O)c2)c1S(=O)(=O)O.CCCCCCCCCc1cccc(Oc2cccc([O-])c2)c1S(=O)(=O)[O-].[Ca+2]. The van der Waals surface area contributed by atoms with Crippen molar-refractivity contribution < 1.29 is 45.6 Å². The molecule has 2 N–H and O–H groups in total. The maximum atomic E-state index is 12.0. The zero-order valence-corrected chi connectivity index (χ0v) is 35.9. The summed E-state index contributed by atoms with van der Waals surface area (Å²) in [4.78, 5) is -0.522. The van der Waals surface area contributed by atoms with Gasteiger partial charge in [-0.15, -0.1) is 5.75 Å². The molecule has 55 heavy (non-hydrogen) atoms. The van der Waals surface area contributed by atoms with E-state index in [9.17, 15) is 36.2 Å². The molecule has 0 unspecified atom stereocenters. The van der Waals surface area contributed by atoms with E-state index in [0.29, 0.717) is 29.7 Å². The molecule has 13 heteroatoms. The van der Waals surface area contributed by atoms with Gasteiger partial charge in [-0.2, -0.15) is 8.42 Å². The maximum Gasteiger partial charge on any atom is 2.00 e. The van der Waals surface area contributed by atoms with Crippen molar-refractivity contribution in [3.05, 3.63) is 96.1 Å². The van der Waals surface area contributed by atoms with Crippen molar-refractivity contribution in [3.63, 3.8) is 0 Å².